The number of carbonyl (C=O) groups is 2. The Balaban J connectivity index is 1.91. The van der Waals surface area contributed by atoms with Gasteiger partial charge < -0.3 is 10.1 Å². The molecule has 0 aliphatic rings. The van der Waals surface area contributed by atoms with E-state index in [2.05, 4.69) is 5.32 Å². The predicted molar refractivity (Wildman–Crippen MR) is 86.5 cm³/mol. The van der Waals surface area contributed by atoms with Gasteiger partial charge in [-0.1, -0.05) is 36.4 Å². The van der Waals surface area contributed by atoms with Crippen LogP contribution in [0.1, 0.15) is 6.92 Å². The maximum Gasteiger partial charge on any atom is 0.315 e. The van der Waals surface area contributed by atoms with Crippen molar-refractivity contribution < 1.29 is 14.3 Å². The molecule has 0 spiro atoms. The summed E-state index contributed by atoms with van der Waals surface area (Å²) < 4.78 is 4.81. The SMILES string of the molecule is CCOC(=O)CSCC(=O)Nc1cccc2ccccc12. The monoisotopic (exact) mass is 303 g/mol. The van der Waals surface area contributed by atoms with Crippen molar-refractivity contribution in [1.29, 1.82) is 0 Å². The third-order valence-electron chi connectivity index (χ3n) is 2.82. The molecule has 0 atom stereocenters. The van der Waals surface area contributed by atoms with Gasteiger partial charge in [-0.15, -0.1) is 11.8 Å². The Hall–Kier alpha value is -2.01. The molecule has 0 aliphatic carbocycles. The van der Waals surface area contributed by atoms with Crippen molar-refractivity contribution in [3.8, 4) is 0 Å². The highest BCUT2D eigenvalue weighted by molar-refractivity contribution is 8.00. The molecule has 0 heterocycles. The number of amides is 1. The van der Waals surface area contributed by atoms with E-state index >= 15 is 0 Å². The second-order valence-electron chi connectivity index (χ2n) is 4.37. The van der Waals surface area contributed by atoms with Gasteiger partial charge in [-0.2, -0.15) is 0 Å². The Kier molecular flexibility index (Phi) is 5.63. The van der Waals surface area contributed by atoms with Gasteiger partial charge in [0.2, 0.25) is 5.91 Å². The number of thioether (sulfide) groups is 1. The van der Waals surface area contributed by atoms with Crippen molar-refractivity contribution in [2.45, 2.75) is 6.92 Å². The second kappa shape index (κ2) is 7.69. The molecule has 2 rings (SSSR count). The first-order valence-electron chi connectivity index (χ1n) is 6.71. The first kappa shape index (κ1) is 15.4. The van der Waals surface area contributed by atoms with Crippen LogP contribution in [-0.2, 0) is 14.3 Å². The Labute approximate surface area is 127 Å². The van der Waals surface area contributed by atoms with E-state index in [1.54, 1.807) is 6.92 Å². The summed E-state index contributed by atoms with van der Waals surface area (Å²) in [5, 5.41) is 4.96. The molecule has 1 amide bonds. The fourth-order valence-corrected chi connectivity index (χ4v) is 2.56. The smallest absolute Gasteiger partial charge is 0.315 e. The number of nitrogens with one attached hydrogen (secondary N) is 1. The van der Waals surface area contributed by atoms with Crippen LogP contribution in [0.5, 0.6) is 0 Å². The van der Waals surface area contributed by atoms with Crippen molar-refractivity contribution in [2.75, 3.05) is 23.4 Å². The van der Waals surface area contributed by atoms with Crippen molar-refractivity contribution >= 4 is 40.1 Å². The molecule has 1 N–H and O–H groups in total. The van der Waals surface area contributed by atoms with E-state index in [0.717, 1.165) is 16.5 Å². The summed E-state index contributed by atoms with van der Waals surface area (Å²) in [5.74, 6) is -0.000128. The zero-order chi connectivity index (χ0) is 15.1. The molecule has 0 bridgehead atoms. The van der Waals surface area contributed by atoms with E-state index in [1.807, 2.05) is 42.5 Å². The third kappa shape index (κ3) is 4.49. The molecule has 2 aromatic rings. The van der Waals surface area contributed by atoms with E-state index in [9.17, 15) is 9.59 Å². The summed E-state index contributed by atoms with van der Waals surface area (Å²) in [4.78, 5) is 23.1. The fourth-order valence-electron chi connectivity index (χ4n) is 1.95. The zero-order valence-corrected chi connectivity index (χ0v) is 12.6. The van der Waals surface area contributed by atoms with E-state index in [0.29, 0.717) is 6.61 Å². The molecule has 0 aliphatic heterocycles. The van der Waals surface area contributed by atoms with Crippen LogP contribution in [0.4, 0.5) is 5.69 Å². The predicted octanol–water partition coefficient (Wildman–Crippen LogP) is 3.07. The number of ether oxygens (including phenoxy) is 1. The molecule has 0 radical (unpaired) electrons. The lowest BCUT2D eigenvalue weighted by Crippen LogP contribution is -2.16. The summed E-state index contributed by atoms with van der Waals surface area (Å²) in [5.41, 5.74) is 0.787. The maximum atomic E-state index is 11.9. The van der Waals surface area contributed by atoms with Gasteiger partial charge in [0, 0.05) is 11.1 Å². The van der Waals surface area contributed by atoms with Crippen LogP contribution in [0.25, 0.3) is 10.8 Å². The fraction of sp³-hybridized carbons (Fsp3) is 0.250. The Morgan fingerprint density at radius 3 is 2.67 bits per heavy atom. The standard InChI is InChI=1S/C16H17NO3S/c1-2-20-16(19)11-21-10-15(18)17-14-9-5-7-12-6-3-4-8-13(12)14/h3-9H,2,10-11H2,1H3,(H,17,18). The van der Waals surface area contributed by atoms with E-state index in [1.165, 1.54) is 11.8 Å². The number of benzene rings is 2. The van der Waals surface area contributed by atoms with Crippen molar-refractivity contribution in [3.63, 3.8) is 0 Å². The highest BCUT2D eigenvalue weighted by Gasteiger charge is 2.08. The molecule has 4 nitrogen and oxygen atoms in total. The van der Waals surface area contributed by atoms with Gasteiger partial charge in [-0.3, -0.25) is 9.59 Å². The Morgan fingerprint density at radius 1 is 1.10 bits per heavy atom. The number of hydrogen-bond donors (Lipinski definition) is 1. The van der Waals surface area contributed by atoms with Gasteiger partial charge >= 0.3 is 5.97 Å². The number of carbonyl (C=O) groups excluding carboxylic acids is 2. The van der Waals surface area contributed by atoms with Gasteiger partial charge in [0.1, 0.15) is 0 Å². The van der Waals surface area contributed by atoms with Crippen LogP contribution in [0.2, 0.25) is 0 Å². The summed E-state index contributed by atoms with van der Waals surface area (Å²) >= 11 is 1.25. The summed E-state index contributed by atoms with van der Waals surface area (Å²) in [6, 6.07) is 13.6. The average Bonchev–Trinajstić information content (AvgIpc) is 2.48. The van der Waals surface area contributed by atoms with Gasteiger partial charge in [-0.25, -0.2) is 0 Å². The van der Waals surface area contributed by atoms with E-state index < -0.39 is 0 Å². The van der Waals surface area contributed by atoms with Gasteiger partial charge in [0.05, 0.1) is 18.1 Å². The van der Waals surface area contributed by atoms with Crippen LogP contribution in [-0.4, -0.2) is 30.0 Å². The summed E-state index contributed by atoms with van der Waals surface area (Å²) in [6.45, 7) is 2.12. The van der Waals surface area contributed by atoms with E-state index in [4.69, 9.17) is 4.74 Å². The van der Waals surface area contributed by atoms with Crippen molar-refractivity contribution in [1.82, 2.24) is 0 Å². The number of hydrogen-bond acceptors (Lipinski definition) is 4. The number of esters is 1. The van der Waals surface area contributed by atoms with Crippen LogP contribution >= 0.6 is 11.8 Å². The molecule has 110 valence electrons. The minimum absolute atomic E-state index is 0.124. The van der Waals surface area contributed by atoms with Crippen molar-refractivity contribution in [2.24, 2.45) is 0 Å². The highest BCUT2D eigenvalue weighted by Crippen LogP contribution is 2.23. The minimum atomic E-state index is -0.291. The minimum Gasteiger partial charge on any atom is -0.465 e. The first-order chi connectivity index (χ1) is 10.2. The van der Waals surface area contributed by atoms with Crippen LogP contribution < -0.4 is 5.32 Å². The van der Waals surface area contributed by atoms with Gasteiger partial charge in [-0.05, 0) is 18.4 Å². The molecular weight excluding hydrogens is 286 g/mol. The zero-order valence-electron chi connectivity index (χ0n) is 11.8. The molecule has 0 saturated heterocycles. The van der Waals surface area contributed by atoms with Crippen LogP contribution in [0.15, 0.2) is 42.5 Å². The van der Waals surface area contributed by atoms with Gasteiger partial charge in [0.15, 0.2) is 0 Å². The Bertz CT molecular complexity index is 637. The second-order valence-corrected chi connectivity index (χ2v) is 5.36. The number of anilines is 1. The normalized spacial score (nSPS) is 10.3. The largest absolute Gasteiger partial charge is 0.465 e. The quantitative estimate of drug-likeness (QED) is 0.833. The van der Waals surface area contributed by atoms with Crippen molar-refractivity contribution in [3.05, 3.63) is 42.5 Å². The molecule has 21 heavy (non-hydrogen) atoms. The first-order valence-corrected chi connectivity index (χ1v) is 7.87. The molecular formula is C16H17NO3S. The lowest BCUT2D eigenvalue weighted by Gasteiger charge is -2.08. The maximum absolute atomic E-state index is 11.9. The number of rotatable bonds is 6. The van der Waals surface area contributed by atoms with Gasteiger partial charge in [0.25, 0.3) is 0 Å². The molecule has 0 fully saturated rings. The average molecular weight is 303 g/mol. The molecule has 0 aromatic heterocycles. The lowest BCUT2D eigenvalue weighted by molar-refractivity contribution is -0.139. The molecule has 5 heteroatoms. The van der Waals surface area contributed by atoms with Crippen LogP contribution in [0, 0.1) is 0 Å². The third-order valence-corrected chi connectivity index (χ3v) is 3.73. The number of fused-ring (bicyclic) bond motifs is 1. The van der Waals surface area contributed by atoms with Crippen LogP contribution in [0.3, 0.4) is 0 Å². The highest BCUT2D eigenvalue weighted by atomic mass is 32.2. The topological polar surface area (TPSA) is 55.4 Å². The summed E-state index contributed by atoms with van der Waals surface area (Å²) in [7, 11) is 0. The van der Waals surface area contributed by atoms with E-state index in [-0.39, 0.29) is 23.4 Å². The molecule has 0 unspecified atom stereocenters. The molecule has 2 aromatic carbocycles. The Morgan fingerprint density at radius 2 is 1.86 bits per heavy atom. The molecule has 0 saturated carbocycles. The lowest BCUT2D eigenvalue weighted by atomic mass is 10.1. The summed E-state index contributed by atoms with van der Waals surface area (Å²) in [6.07, 6.45) is 0.